The van der Waals surface area contributed by atoms with Crippen molar-refractivity contribution in [3.63, 3.8) is 0 Å². The van der Waals surface area contributed by atoms with Gasteiger partial charge in [-0.05, 0) is 29.8 Å². The van der Waals surface area contributed by atoms with E-state index >= 15 is 0 Å². The van der Waals surface area contributed by atoms with E-state index in [1.807, 2.05) is 0 Å². The molecule has 0 aliphatic carbocycles. The van der Waals surface area contributed by atoms with E-state index in [-0.39, 0.29) is 11.3 Å². The van der Waals surface area contributed by atoms with Crippen molar-refractivity contribution in [2.75, 3.05) is 0 Å². The molecule has 0 aliphatic rings. The van der Waals surface area contributed by atoms with Crippen molar-refractivity contribution >= 4 is 27.0 Å². The highest BCUT2D eigenvalue weighted by Gasteiger charge is 2.19. The number of aromatic amines is 2. The second-order valence-electron chi connectivity index (χ2n) is 4.38. The molecular weight excluding hydrogens is 330 g/mol. The largest absolute Gasteiger partial charge is 0.323 e. The lowest BCUT2D eigenvalue weighted by Crippen LogP contribution is -2.00. The number of imidazole rings is 1. The molecule has 0 fully saturated rings. The smallest absolute Gasteiger partial charge is 0.306 e. The lowest BCUT2D eigenvalue weighted by atomic mass is 10.0. The highest BCUT2D eigenvalue weighted by Crippen LogP contribution is 2.34. The van der Waals surface area contributed by atoms with Crippen molar-refractivity contribution in [2.24, 2.45) is 0 Å². The second kappa shape index (κ2) is 4.86. The molecule has 0 radical (unpaired) electrons. The van der Waals surface area contributed by atoms with Gasteiger partial charge in [0, 0.05) is 5.56 Å². The first kappa shape index (κ1) is 13.1. The molecule has 2 N–H and O–H groups in total. The van der Waals surface area contributed by atoms with E-state index < -0.39 is 16.5 Å². The first-order chi connectivity index (χ1) is 9.56. The Balaban J connectivity index is 2.12. The molecule has 1 aromatic heterocycles. The number of rotatable bonds is 2. The third kappa shape index (κ3) is 2.16. The monoisotopic (exact) mass is 338 g/mol. The van der Waals surface area contributed by atoms with Gasteiger partial charge >= 0.3 is 5.69 Å². The van der Waals surface area contributed by atoms with Gasteiger partial charge in [-0.15, -0.1) is 0 Å². The highest BCUT2D eigenvalue weighted by atomic mass is 79.9. The summed E-state index contributed by atoms with van der Waals surface area (Å²) in [6.45, 7) is 0. The van der Waals surface area contributed by atoms with E-state index in [2.05, 4.69) is 25.9 Å². The fourth-order valence-electron chi connectivity index (χ4n) is 2.13. The van der Waals surface area contributed by atoms with Crippen LogP contribution in [0.3, 0.4) is 0 Å². The highest BCUT2D eigenvalue weighted by molar-refractivity contribution is 9.09. The first-order valence-corrected chi connectivity index (χ1v) is 6.78. The van der Waals surface area contributed by atoms with Crippen LogP contribution in [0.15, 0.2) is 41.2 Å². The van der Waals surface area contributed by atoms with Gasteiger partial charge in [0.25, 0.3) is 0 Å². The summed E-state index contributed by atoms with van der Waals surface area (Å²) in [7, 11) is 0. The number of H-pyrrole nitrogens is 2. The van der Waals surface area contributed by atoms with Crippen LogP contribution in [0.2, 0.25) is 0 Å². The van der Waals surface area contributed by atoms with Gasteiger partial charge in [-0.2, -0.15) is 0 Å². The van der Waals surface area contributed by atoms with Crippen molar-refractivity contribution in [2.45, 2.75) is 4.83 Å². The zero-order chi connectivity index (χ0) is 14.3. The number of alkyl halides is 1. The Labute approximate surface area is 120 Å². The van der Waals surface area contributed by atoms with Crippen LogP contribution < -0.4 is 5.69 Å². The minimum Gasteiger partial charge on any atom is -0.306 e. The standard InChI is InChI=1S/C14H9BrF2N2O/c15-13(12-8(16)2-1-3-9(12)17)7-4-5-10-11(6-7)19-14(20)18-10/h1-6,13H,(H2,18,19,20). The van der Waals surface area contributed by atoms with Crippen LogP contribution in [0.4, 0.5) is 8.78 Å². The maximum absolute atomic E-state index is 13.8. The third-order valence-corrected chi connectivity index (χ3v) is 4.07. The first-order valence-electron chi connectivity index (χ1n) is 5.86. The zero-order valence-electron chi connectivity index (χ0n) is 10.1. The molecule has 0 bridgehead atoms. The number of hydrogen-bond acceptors (Lipinski definition) is 1. The summed E-state index contributed by atoms with van der Waals surface area (Å²) in [6, 6.07) is 8.82. The van der Waals surface area contributed by atoms with Crippen molar-refractivity contribution in [3.8, 4) is 0 Å². The average molecular weight is 339 g/mol. The summed E-state index contributed by atoms with van der Waals surface area (Å²) in [5.74, 6) is -1.23. The fraction of sp³-hybridized carbons (Fsp3) is 0.0714. The predicted molar refractivity (Wildman–Crippen MR) is 76.0 cm³/mol. The summed E-state index contributed by atoms with van der Waals surface area (Å²) in [4.78, 5) is 15.8. The second-order valence-corrected chi connectivity index (χ2v) is 5.30. The Morgan fingerprint density at radius 2 is 1.65 bits per heavy atom. The molecule has 2 aromatic carbocycles. The molecule has 3 rings (SSSR count). The number of hydrogen-bond donors (Lipinski definition) is 2. The van der Waals surface area contributed by atoms with Crippen LogP contribution in [0.25, 0.3) is 11.0 Å². The lowest BCUT2D eigenvalue weighted by molar-refractivity contribution is 0.561. The minimum absolute atomic E-state index is 0.0512. The van der Waals surface area contributed by atoms with E-state index in [1.54, 1.807) is 18.2 Å². The van der Waals surface area contributed by atoms with Gasteiger partial charge in [-0.25, -0.2) is 13.6 Å². The third-order valence-electron chi connectivity index (χ3n) is 3.09. The van der Waals surface area contributed by atoms with Crippen molar-refractivity contribution in [1.82, 2.24) is 9.97 Å². The van der Waals surface area contributed by atoms with Crippen LogP contribution in [0.5, 0.6) is 0 Å². The fourth-order valence-corrected chi connectivity index (χ4v) is 2.85. The average Bonchev–Trinajstić information content (AvgIpc) is 2.77. The Morgan fingerprint density at radius 1 is 1.00 bits per heavy atom. The van der Waals surface area contributed by atoms with Gasteiger partial charge in [0.1, 0.15) is 11.6 Å². The van der Waals surface area contributed by atoms with Crippen molar-refractivity contribution in [3.05, 3.63) is 69.6 Å². The summed E-state index contributed by atoms with van der Waals surface area (Å²) in [5, 5.41) is 0. The number of benzene rings is 2. The molecule has 1 atom stereocenters. The van der Waals surface area contributed by atoms with E-state index in [9.17, 15) is 13.6 Å². The zero-order valence-corrected chi connectivity index (χ0v) is 11.7. The number of nitrogens with one attached hydrogen (secondary N) is 2. The molecule has 0 spiro atoms. The number of aromatic nitrogens is 2. The van der Waals surface area contributed by atoms with Gasteiger partial charge in [-0.1, -0.05) is 28.1 Å². The van der Waals surface area contributed by atoms with Crippen LogP contribution >= 0.6 is 15.9 Å². The molecule has 0 saturated heterocycles. The maximum atomic E-state index is 13.8. The molecule has 0 saturated carbocycles. The molecular formula is C14H9BrF2N2O. The minimum atomic E-state index is -0.633. The molecule has 0 aliphatic heterocycles. The maximum Gasteiger partial charge on any atom is 0.323 e. The molecule has 0 amide bonds. The summed E-state index contributed by atoms with van der Waals surface area (Å²) >= 11 is 3.31. The molecule has 102 valence electrons. The molecule has 3 aromatic rings. The predicted octanol–water partition coefficient (Wildman–Crippen LogP) is 3.62. The lowest BCUT2D eigenvalue weighted by Gasteiger charge is -2.12. The number of fused-ring (bicyclic) bond motifs is 1. The van der Waals surface area contributed by atoms with Crippen LogP contribution in [0.1, 0.15) is 16.0 Å². The van der Waals surface area contributed by atoms with E-state index in [0.717, 1.165) is 0 Å². The molecule has 3 nitrogen and oxygen atoms in total. The van der Waals surface area contributed by atoms with Gasteiger partial charge < -0.3 is 9.97 Å². The van der Waals surface area contributed by atoms with Crippen LogP contribution in [-0.4, -0.2) is 9.97 Å². The summed E-state index contributed by atoms with van der Waals surface area (Å²) in [6.07, 6.45) is 0. The summed E-state index contributed by atoms with van der Waals surface area (Å²) < 4.78 is 27.5. The molecule has 1 heterocycles. The Hall–Kier alpha value is -1.95. The molecule has 20 heavy (non-hydrogen) atoms. The van der Waals surface area contributed by atoms with Gasteiger partial charge in [0.15, 0.2) is 0 Å². The topological polar surface area (TPSA) is 48.6 Å². The normalized spacial score (nSPS) is 12.8. The molecule has 6 heteroatoms. The molecule has 1 unspecified atom stereocenters. The Kier molecular flexibility index (Phi) is 3.17. The quantitative estimate of drug-likeness (QED) is 0.689. The van der Waals surface area contributed by atoms with Crippen LogP contribution in [0, 0.1) is 11.6 Å². The van der Waals surface area contributed by atoms with E-state index in [1.165, 1.54) is 18.2 Å². The van der Waals surface area contributed by atoms with Crippen LogP contribution in [-0.2, 0) is 0 Å². The van der Waals surface area contributed by atoms with Crippen molar-refractivity contribution in [1.29, 1.82) is 0 Å². The van der Waals surface area contributed by atoms with E-state index in [0.29, 0.717) is 16.6 Å². The SMILES string of the molecule is O=c1[nH]c2ccc(C(Br)c3c(F)cccc3F)cc2[nH]1. The van der Waals surface area contributed by atoms with Gasteiger partial charge in [0.2, 0.25) is 0 Å². The Morgan fingerprint density at radius 3 is 2.35 bits per heavy atom. The van der Waals surface area contributed by atoms with E-state index in [4.69, 9.17) is 0 Å². The Bertz CT molecular complexity index is 820. The van der Waals surface area contributed by atoms with Gasteiger partial charge in [-0.3, -0.25) is 0 Å². The van der Waals surface area contributed by atoms with Gasteiger partial charge in [0.05, 0.1) is 15.9 Å². The summed E-state index contributed by atoms with van der Waals surface area (Å²) in [5.41, 5.74) is 1.52. The number of halogens is 3. The van der Waals surface area contributed by atoms with Crippen molar-refractivity contribution < 1.29 is 8.78 Å².